The van der Waals surface area contributed by atoms with Gasteiger partial charge in [0.2, 0.25) is 0 Å². The highest BCUT2D eigenvalue weighted by atomic mass is 16.5. The lowest BCUT2D eigenvalue weighted by Crippen LogP contribution is -2.38. The third-order valence-electron chi connectivity index (χ3n) is 4.18. The van der Waals surface area contributed by atoms with Crippen LogP contribution < -0.4 is 5.73 Å². The van der Waals surface area contributed by atoms with Crippen molar-refractivity contribution in [2.24, 2.45) is 5.73 Å². The minimum Gasteiger partial charge on any atom is -0.382 e. The molecule has 0 amide bonds. The van der Waals surface area contributed by atoms with E-state index in [1.807, 2.05) is 0 Å². The zero-order valence-electron chi connectivity index (χ0n) is 12.0. The normalized spacial score (nSPS) is 20.2. The Morgan fingerprint density at radius 2 is 1.95 bits per heavy atom. The van der Waals surface area contributed by atoms with Crippen molar-refractivity contribution in [2.75, 3.05) is 20.8 Å². The molecule has 1 atom stereocenters. The number of nitrogens with two attached hydrogens (primary N) is 1. The molecule has 0 bridgehead atoms. The smallest absolute Gasteiger partial charge is 0.105 e. The van der Waals surface area contributed by atoms with Crippen molar-refractivity contribution in [2.45, 2.75) is 43.7 Å². The van der Waals surface area contributed by atoms with Crippen LogP contribution in [0.15, 0.2) is 24.3 Å². The van der Waals surface area contributed by atoms with Crippen LogP contribution in [0.3, 0.4) is 0 Å². The number of rotatable bonds is 5. The molecule has 1 unspecified atom stereocenters. The van der Waals surface area contributed by atoms with Gasteiger partial charge in [0, 0.05) is 19.8 Å². The molecule has 2 N–H and O–H groups in total. The fourth-order valence-electron chi connectivity index (χ4n) is 2.97. The lowest BCUT2D eigenvalue weighted by Gasteiger charge is -2.34. The van der Waals surface area contributed by atoms with Crippen LogP contribution in [-0.2, 0) is 15.0 Å². The average Bonchev–Trinajstić information content (AvgIpc) is 2.46. The van der Waals surface area contributed by atoms with Gasteiger partial charge in [0.1, 0.15) is 6.10 Å². The van der Waals surface area contributed by atoms with E-state index in [4.69, 9.17) is 15.2 Å². The van der Waals surface area contributed by atoms with Crippen LogP contribution in [-0.4, -0.2) is 20.8 Å². The summed E-state index contributed by atoms with van der Waals surface area (Å²) in [7, 11) is 3.41. The number of methoxy groups -OCH3 is 2. The van der Waals surface area contributed by atoms with Crippen LogP contribution in [0.5, 0.6) is 0 Å². The van der Waals surface area contributed by atoms with Crippen LogP contribution in [0.25, 0.3) is 0 Å². The first kappa shape index (κ1) is 14.5. The van der Waals surface area contributed by atoms with Crippen molar-refractivity contribution < 1.29 is 9.47 Å². The molecule has 0 aliphatic heterocycles. The van der Waals surface area contributed by atoms with E-state index in [-0.39, 0.29) is 11.6 Å². The summed E-state index contributed by atoms with van der Waals surface area (Å²) in [4.78, 5) is 0. The summed E-state index contributed by atoms with van der Waals surface area (Å²) in [5, 5.41) is 0. The molecule has 0 heterocycles. The second-order valence-electron chi connectivity index (χ2n) is 5.52. The van der Waals surface area contributed by atoms with E-state index in [2.05, 4.69) is 24.3 Å². The largest absolute Gasteiger partial charge is 0.382 e. The molecule has 1 aliphatic carbocycles. The van der Waals surface area contributed by atoms with Crippen LogP contribution in [0.4, 0.5) is 0 Å². The average molecular weight is 263 g/mol. The zero-order chi connectivity index (χ0) is 13.7. The van der Waals surface area contributed by atoms with E-state index in [0.29, 0.717) is 6.61 Å². The van der Waals surface area contributed by atoms with Gasteiger partial charge in [0.15, 0.2) is 0 Å². The van der Waals surface area contributed by atoms with Gasteiger partial charge in [-0.3, -0.25) is 0 Å². The summed E-state index contributed by atoms with van der Waals surface area (Å²) in [6, 6.07) is 8.51. The minimum absolute atomic E-state index is 0.0165. The Hall–Kier alpha value is -0.900. The summed E-state index contributed by atoms with van der Waals surface area (Å²) in [5.74, 6) is 0. The molecular weight excluding hydrogens is 238 g/mol. The van der Waals surface area contributed by atoms with Gasteiger partial charge in [0.05, 0.1) is 6.61 Å². The molecule has 0 aromatic heterocycles. The number of ether oxygens (including phenoxy) is 2. The molecule has 1 saturated carbocycles. The van der Waals surface area contributed by atoms with E-state index in [0.717, 1.165) is 18.4 Å². The highest BCUT2D eigenvalue weighted by Crippen LogP contribution is 2.35. The minimum atomic E-state index is -0.153. The summed E-state index contributed by atoms with van der Waals surface area (Å²) in [5.41, 5.74) is 8.83. The summed E-state index contributed by atoms with van der Waals surface area (Å²) in [6.45, 7) is 0.567. The summed E-state index contributed by atoms with van der Waals surface area (Å²) in [6.07, 6.45) is 5.91. The van der Waals surface area contributed by atoms with Crippen LogP contribution in [0.1, 0.15) is 49.3 Å². The highest BCUT2D eigenvalue weighted by molar-refractivity contribution is 5.31. The topological polar surface area (TPSA) is 44.5 Å². The molecule has 2 rings (SSSR count). The van der Waals surface area contributed by atoms with Crippen LogP contribution in [0.2, 0.25) is 0 Å². The van der Waals surface area contributed by atoms with Gasteiger partial charge < -0.3 is 15.2 Å². The molecule has 19 heavy (non-hydrogen) atoms. The Balaban J connectivity index is 2.22. The van der Waals surface area contributed by atoms with Gasteiger partial charge in [-0.1, -0.05) is 43.5 Å². The first-order chi connectivity index (χ1) is 9.19. The second-order valence-corrected chi connectivity index (χ2v) is 5.52. The molecule has 1 aromatic rings. The Labute approximate surface area is 116 Å². The van der Waals surface area contributed by atoms with Gasteiger partial charge in [-0.2, -0.15) is 0 Å². The number of benzene rings is 1. The first-order valence-corrected chi connectivity index (χ1v) is 7.10. The van der Waals surface area contributed by atoms with E-state index < -0.39 is 0 Å². The van der Waals surface area contributed by atoms with Gasteiger partial charge in [0.25, 0.3) is 0 Å². The predicted molar refractivity (Wildman–Crippen MR) is 77.0 cm³/mol. The molecule has 3 heteroatoms. The molecule has 1 aromatic carbocycles. The fraction of sp³-hybridized carbons (Fsp3) is 0.625. The van der Waals surface area contributed by atoms with E-state index in [1.54, 1.807) is 14.2 Å². The molecule has 3 nitrogen and oxygen atoms in total. The van der Waals surface area contributed by atoms with Crippen molar-refractivity contribution in [1.29, 1.82) is 0 Å². The quantitative estimate of drug-likeness (QED) is 0.887. The zero-order valence-corrected chi connectivity index (χ0v) is 12.0. The lowest BCUT2D eigenvalue weighted by molar-refractivity contribution is 0.0274. The van der Waals surface area contributed by atoms with Gasteiger partial charge in [-0.15, -0.1) is 0 Å². The SMILES string of the molecule is COCC(OC)c1cccc(C2(N)CCCCC2)c1. The third kappa shape index (κ3) is 3.35. The molecule has 0 saturated heterocycles. The van der Waals surface area contributed by atoms with Crippen molar-refractivity contribution in [1.82, 2.24) is 0 Å². The van der Waals surface area contributed by atoms with E-state index in [1.165, 1.54) is 24.8 Å². The van der Waals surface area contributed by atoms with Gasteiger partial charge >= 0.3 is 0 Å². The van der Waals surface area contributed by atoms with E-state index >= 15 is 0 Å². The maximum absolute atomic E-state index is 6.59. The van der Waals surface area contributed by atoms with Crippen molar-refractivity contribution in [3.8, 4) is 0 Å². The highest BCUT2D eigenvalue weighted by Gasteiger charge is 2.29. The molecule has 0 spiro atoms. The Morgan fingerprint density at radius 3 is 2.58 bits per heavy atom. The molecule has 1 fully saturated rings. The van der Waals surface area contributed by atoms with Crippen LogP contribution in [0, 0.1) is 0 Å². The Morgan fingerprint density at radius 1 is 1.21 bits per heavy atom. The van der Waals surface area contributed by atoms with Crippen molar-refractivity contribution in [3.63, 3.8) is 0 Å². The van der Waals surface area contributed by atoms with E-state index in [9.17, 15) is 0 Å². The molecular formula is C16H25NO2. The fourth-order valence-corrected chi connectivity index (χ4v) is 2.97. The third-order valence-corrected chi connectivity index (χ3v) is 4.18. The first-order valence-electron chi connectivity index (χ1n) is 7.10. The van der Waals surface area contributed by atoms with Crippen LogP contribution >= 0.6 is 0 Å². The Kier molecular flexibility index (Phi) is 4.97. The lowest BCUT2D eigenvalue weighted by atomic mass is 9.77. The Bertz CT molecular complexity index is 399. The molecule has 1 aliphatic rings. The maximum atomic E-state index is 6.59. The van der Waals surface area contributed by atoms with Gasteiger partial charge in [-0.25, -0.2) is 0 Å². The summed E-state index contributed by atoms with van der Waals surface area (Å²) < 4.78 is 10.7. The molecule has 106 valence electrons. The maximum Gasteiger partial charge on any atom is 0.105 e. The predicted octanol–water partition coefficient (Wildman–Crippen LogP) is 3.14. The standard InChI is InChI=1S/C16H25NO2/c1-18-12-15(19-2)13-7-6-8-14(11-13)16(17)9-4-3-5-10-16/h6-8,11,15H,3-5,9-10,12,17H2,1-2H3. The number of hydrogen-bond acceptors (Lipinski definition) is 3. The number of hydrogen-bond donors (Lipinski definition) is 1. The second kappa shape index (κ2) is 6.51. The van der Waals surface area contributed by atoms with Crippen molar-refractivity contribution >= 4 is 0 Å². The monoisotopic (exact) mass is 263 g/mol. The summed E-state index contributed by atoms with van der Waals surface area (Å²) >= 11 is 0. The van der Waals surface area contributed by atoms with Crippen molar-refractivity contribution in [3.05, 3.63) is 35.4 Å². The molecule has 0 radical (unpaired) electrons. The van der Waals surface area contributed by atoms with Gasteiger partial charge in [-0.05, 0) is 24.0 Å².